The van der Waals surface area contributed by atoms with Gasteiger partial charge in [-0.15, -0.1) is 5.10 Å². The number of amides is 2. The van der Waals surface area contributed by atoms with Crippen LogP contribution in [0.1, 0.15) is 6.92 Å². The summed E-state index contributed by atoms with van der Waals surface area (Å²) >= 11 is 0. The maximum atomic E-state index is 12.7. The zero-order chi connectivity index (χ0) is 13.7. The normalized spacial score (nSPS) is 10.0. The number of anilines is 2. The van der Waals surface area contributed by atoms with E-state index in [0.29, 0.717) is 12.3 Å². The zero-order valence-electron chi connectivity index (χ0n) is 10.1. The molecule has 1 heterocycles. The van der Waals surface area contributed by atoms with E-state index in [1.54, 1.807) is 6.92 Å². The first-order valence-corrected chi connectivity index (χ1v) is 5.56. The van der Waals surface area contributed by atoms with Gasteiger partial charge in [0.2, 0.25) is 5.95 Å². The number of urea groups is 1. The lowest BCUT2D eigenvalue weighted by molar-refractivity contribution is 0.262. The second-order valence-electron chi connectivity index (χ2n) is 3.49. The molecule has 100 valence electrons. The topological polar surface area (TPSA) is 91.9 Å². The Morgan fingerprint density at radius 1 is 1.37 bits per heavy atom. The third-order valence-corrected chi connectivity index (χ3v) is 2.07. The van der Waals surface area contributed by atoms with Crippen molar-refractivity contribution in [1.29, 1.82) is 0 Å². The SMILES string of the molecule is CCOc1n[nH]c(NC(=O)Nc2ccc(F)cc2)n1. The average molecular weight is 265 g/mol. The Hall–Kier alpha value is -2.64. The van der Waals surface area contributed by atoms with Crippen molar-refractivity contribution < 1.29 is 13.9 Å². The smallest absolute Gasteiger partial charge is 0.337 e. The maximum absolute atomic E-state index is 12.7. The van der Waals surface area contributed by atoms with E-state index in [4.69, 9.17) is 4.74 Å². The number of carbonyl (C=O) groups excluding carboxylic acids is 1. The zero-order valence-corrected chi connectivity index (χ0v) is 10.1. The van der Waals surface area contributed by atoms with E-state index < -0.39 is 6.03 Å². The number of aromatic nitrogens is 3. The molecule has 0 saturated carbocycles. The highest BCUT2D eigenvalue weighted by Crippen LogP contribution is 2.09. The van der Waals surface area contributed by atoms with Crippen molar-refractivity contribution in [3.8, 4) is 6.01 Å². The largest absolute Gasteiger partial charge is 0.463 e. The molecule has 0 aliphatic heterocycles. The number of halogens is 1. The number of H-pyrrole nitrogens is 1. The van der Waals surface area contributed by atoms with Crippen molar-refractivity contribution in [1.82, 2.24) is 15.2 Å². The van der Waals surface area contributed by atoms with E-state index in [1.807, 2.05) is 0 Å². The first-order valence-electron chi connectivity index (χ1n) is 5.56. The molecule has 3 N–H and O–H groups in total. The number of nitrogens with zero attached hydrogens (tertiary/aromatic N) is 2. The molecule has 0 aliphatic rings. The van der Waals surface area contributed by atoms with Gasteiger partial charge in [0.25, 0.3) is 0 Å². The van der Waals surface area contributed by atoms with Gasteiger partial charge in [-0.05, 0) is 31.2 Å². The Kier molecular flexibility index (Phi) is 3.91. The Balaban J connectivity index is 1.91. The fourth-order valence-corrected chi connectivity index (χ4v) is 1.30. The van der Waals surface area contributed by atoms with Crippen LogP contribution in [-0.4, -0.2) is 27.8 Å². The lowest BCUT2D eigenvalue weighted by atomic mass is 10.3. The monoisotopic (exact) mass is 265 g/mol. The van der Waals surface area contributed by atoms with Crippen LogP contribution in [0.2, 0.25) is 0 Å². The summed E-state index contributed by atoms with van der Waals surface area (Å²) in [6.07, 6.45) is 0. The molecule has 19 heavy (non-hydrogen) atoms. The first-order chi connectivity index (χ1) is 9.17. The molecule has 1 aromatic carbocycles. The molecule has 0 atom stereocenters. The van der Waals surface area contributed by atoms with Gasteiger partial charge in [0.1, 0.15) is 5.82 Å². The van der Waals surface area contributed by atoms with Crippen LogP contribution in [0.15, 0.2) is 24.3 Å². The lowest BCUT2D eigenvalue weighted by Gasteiger charge is -2.04. The van der Waals surface area contributed by atoms with Gasteiger partial charge in [-0.1, -0.05) is 0 Å². The van der Waals surface area contributed by atoms with Gasteiger partial charge in [-0.3, -0.25) is 5.32 Å². The summed E-state index contributed by atoms with van der Waals surface area (Å²) in [7, 11) is 0. The van der Waals surface area contributed by atoms with Crippen LogP contribution in [0.25, 0.3) is 0 Å². The molecule has 0 spiro atoms. The van der Waals surface area contributed by atoms with Gasteiger partial charge >= 0.3 is 12.0 Å². The summed E-state index contributed by atoms with van der Waals surface area (Å²) in [5.41, 5.74) is 0.462. The second-order valence-corrected chi connectivity index (χ2v) is 3.49. The third-order valence-electron chi connectivity index (χ3n) is 2.07. The van der Waals surface area contributed by atoms with Crippen LogP contribution in [-0.2, 0) is 0 Å². The Bertz CT molecular complexity index is 554. The molecule has 8 heteroatoms. The van der Waals surface area contributed by atoms with Gasteiger partial charge in [-0.25, -0.2) is 14.3 Å². The number of benzene rings is 1. The van der Waals surface area contributed by atoms with Gasteiger partial charge in [0, 0.05) is 5.69 Å². The number of ether oxygens (including phenoxy) is 1. The van der Waals surface area contributed by atoms with Crippen LogP contribution < -0.4 is 15.4 Å². The third kappa shape index (κ3) is 3.66. The summed E-state index contributed by atoms with van der Waals surface area (Å²) < 4.78 is 17.7. The molecule has 2 rings (SSSR count). The fraction of sp³-hybridized carbons (Fsp3) is 0.182. The number of hydrogen-bond donors (Lipinski definition) is 3. The van der Waals surface area contributed by atoms with Crippen molar-refractivity contribution in [2.75, 3.05) is 17.2 Å². The quantitative estimate of drug-likeness (QED) is 0.788. The highest BCUT2D eigenvalue weighted by molar-refractivity contribution is 5.98. The number of nitrogens with one attached hydrogen (secondary N) is 3. The van der Waals surface area contributed by atoms with Crippen LogP contribution in [0.4, 0.5) is 20.8 Å². The predicted molar refractivity (Wildman–Crippen MR) is 66.6 cm³/mol. The molecule has 0 radical (unpaired) electrons. The highest BCUT2D eigenvalue weighted by atomic mass is 19.1. The molecule has 7 nitrogen and oxygen atoms in total. The van der Waals surface area contributed by atoms with Crippen molar-refractivity contribution in [2.24, 2.45) is 0 Å². The van der Waals surface area contributed by atoms with Gasteiger partial charge in [0.05, 0.1) is 6.61 Å². The van der Waals surface area contributed by atoms with Gasteiger partial charge in [0.15, 0.2) is 0 Å². The molecule has 0 bridgehead atoms. The second kappa shape index (κ2) is 5.80. The fourth-order valence-electron chi connectivity index (χ4n) is 1.30. The lowest BCUT2D eigenvalue weighted by Crippen LogP contribution is -2.20. The molecule has 0 aliphatic carbocycles. The highest BCUT2D eigenvalue weighted by Gasteiger charge is 2.07. The minimum absolute atomic E-state index is 0.152. The molecule has 0 saturated heterocycles. The first kappa shape index (κ1) is 12.8. The van der Waals surface area contributed by atoms with Crippen molar-refractivity contribution in [2.45, 2.75) is 6.92 Å². The molecule has 0 fully saturated rings. The Labute approximate surface area is 108 Å². The average Bonchev–Trinajstić information content (AvgIpc) is 2.80. The van der Waals surface area contributed by atoms with Crippen LogP contribution in [0.3, 0.4) is 0 Å². The molecule has 2 amide bonds. The molecule has 0 unspecified atom stereocenters. The van der Waals surface area contributed by atoms with Crippen molar-refractivity contribution >= 4 is 17.7 Å². The standard InChI is InChI=1S/C11H12FN5O2/c1-2-19-11-15-9(16-17-11)14-10(18)13-8-5-3-7(12)4-6-8/h3-6H,2H2,1H3,(H3,13,14,15,16,17,18). The van der Waals surface area contributed by atoms with E-state index in [-0.39, 0.29) is 17.8 Å². The van der Waals surface area contributed by atoms with E-state index in [1.165, 1.54) is 24.3 Å². The summed E-state index contributed by atoms with van der Waals surface area (Å²) in [5.74, 6) is -0.217. The number of rotatable bonds is 4. The van der Waals surface area contributed by atoms with Crippen LogP contribution in [0, 0.1) is 5.82 Å². The van der Waals surface area contributed by atoms with Gasteiger partial charge < -0.3 is 10.1 Å². The van der Waals surface area contributed by atoms with E-state index in [9.17, 15) is 9.18 Å². The number of hydrogen-bond acceptors (Lipinski definition) is 4. The molecule has 1 aromatic heterocycles. The summed E-state index contributed by atoms with van der Waals surface area (Å²) in [5, 5.41) is 11.2. The van der Waals surface area contributed by atoms with Crippen LogP contribution in [0.5, 0.6) is 6.01 Å². The minimum atomic E-state index is -0.522. The summed E-state index contributed by atoms with van der Waals surface area (Å²) in [6.45, 7) is 2.23. The van der Waals surface area contributed by atoms with Crippen LogP contribution >= 0.6 is 0 Å². The van der Waals surface area contributed by atoms with E-state index in [0.717, 1.165) is 0 Å². The summed E-state index contributed by atoms with van der Waals surface area (Å²) in [6, 6.07) is 5.02. The van der Waals surface area contributed by atoms with Crippen molar-refractivity contribution in [3.05, 3.63) is 30.1 Å². The van der Waals surface area contributed by atoms with E-state index >= 15 is 0 Å². The number of carbonyl (C=O) groups is 1. The molecular weight excluding hydrogens is 253 g/mol. The molecule has 2 aromatic rings. The minimum Gasteiger partial charge on any atom is -0.463 e. The number of aromatic amines is 1. The van der Waals surface area contributed by atoms with E-state index in [2.05, 4.69) is 25.8 Å². The molecular formula is C11H12FN5O2. The van der Waals surface area contributed by atoms with Gasteiger partial charge in [-0.2, -0.15) is 4.98 Å². The Morgan fingerprint density at radius 2 is 2.11 bits per heavy atom. The van der Waals surface area contributed by atoms with Crippen molar-refractivity contribution in [3.63, 3.8) is 0 Å². The maximum Gasteiger partial charge on any atom is 0.337 e. The summed E-state index contributed by atoms with van der Waals surface area (Å²) in [4.78, 5) is 15.5. The predicted octanol–water partition coefficient (Wildman–Crippen LogP) is 1.99. The Morgan fingerprint density at radius 3 is 2.79 bits per heavy atom.